The number of hydrogen-bond donors (Lipinski definition) is 1. The van der Waals surface area contributed by atoms with E-state index in [1.165, 1.54) is 18.7 Å². The number of Topliss-reactive ketones (excluding diaryl/α,β-unsaturated/α-hetero) is 1. The number of amides is 1. The molecule has 3 rings (SSSR count). The number of nitrogens with one attached hydrogen (secondary N) is 1. The number of methoxy groups -OCH3 is 2. The maximum absolute atomic E-state index is 12.8. The van der Waals surface area contributed by atoms with Crippen molar-refractivity contribution in [2.45, 2.75) is 18.7 Å². The molecule has 3 aromatic rings. The molecule has 0 heterocycles. The summed E-state index contributed by atoms with van der Waals surface area (Å²) in [7, 11) is 3.23. The molecule has 0 bridgehead atoms. The zero-order valence-electron chi connectivity index (χ0n) is 18.5. The highest BCUT2D eigenvalue weighted by Crippen LogP contribution is 2.26. The molecule has 0 aliphatic carbocycles. The second-order valence-electron chi connectivity index (χ2n) is 7.26. The Morgan fingerprint density at radius 2 is 1.59 bits per heavy atom. The molecule has 5 nitrogen and oxygen atoms in total. The first-order valence-electron chi connectivity index (χ1n) is 10.3. The van der Waals surface area contributed by atoms with Gasteiger partial charge in [0.15, 0.2) is 5.78 Å². The molecule has 32 heavy (non-hydrogen) atoms. The van der Waals surface area contributed by atoms with Crippen LogP contribution < -0.4 is 14.8 Å². The van der Waals surface area contributed by atoms with Gasteiger partial charge in [0.25, 0.3) is 0 Å². The summed E-state index contributed by atoms with van der Waals surface area (Å²) in [6.07, 6.45) is 0. The van der Waals surface area contributed by atoms with Gasteiger partial charge in [-0.15, -0.1) is 11.8 Å². The summed E-state index contributed by atoms with van der Waals surface area (Å²) in [6.45, 7) is 1.54. The van der Waals surface area contributed by atoms with Gasteiger partial charge in [-0.3, -0.25) is 9.59 Å². The molecule has 166 valence electrons. The lowest BCUT2D eigenvalue weighted by Crippen LogP contribution is -2.30. The number of benzene rings is 3. The van der Waals surface area contributed by atoms with Gasteiger partial charge < -0.3 is 14.8 Å². The van der Waals surface area contributed by atoms with E-state index in [-0.39, 0.29) is 23.5 Å². The van der Waals surface area contributed by atoms with Crippen LogP contribution >= 0.6 is 11.8 Å². The minimum absolute atomic E-state index is 0.00170. The van der Waals surface area contributed by atoms with Crippen molar-refractivity contribution in [1.29, 1.82) is 0 Å². The molecule has 1 N–H and O–H groups in total. The summed E-state index contributed by atoms with van der Waals surface area (Å²) >= 11 is 1.48. The fraction of sp³-hybridized carbons (Fsp3) is 0.231. The van der Waals surface area contributed by atoms with Crippen molar-refractivity contribution in [3.8, 4) is 11.5 Å². The van der Waals surface area contributed by atoms with E-state index < -0.39 is 0 Å². The van der Waals surface area contributed by atoms with Crippen LogP contribution in [0.15, 0.2) is 72.8 Å². The molecular weight excluding hydrogens is 422 g/mol. The Kier molecular flexibility index (Phi) is 8.34. The molecule has 0 spiro atoms. The smallest absolute Gasteiger partial charge is 0.230 e. The molecule has 3 aromatic carbocycles. The average Bonchev–Trinajstić information content (AvgIpc) is 2.83. The summed E-state index contributed by atoms with van der Waals surface area (Å²) < 4.78 is 10.7. The van der Waals surface area contributed by atoms with Gasteiger partial charge in [-0.25, -0.2) is 0 Å². The summed E-state index contributed by atoms with van der Waals surface area (Å²) in [5, 5.41) is 3.15. The van der Waals surface area contributed by atoms with Gasteiger partial charge in [0, 0.05) is 16.9 Å². The average molecular weight is 450 g/mol. The summed E-state index contributed by atoms with van der Waals surface area (Å²) in [5.41, 5.74) is 3.51. The summed E-state index contributed by atoms with van der Waals surface area (Å²) in [4.78, 5) is 24.5. The van der Waals surface area contributed by atoms with Crippen molar-refractivity contribution in [2.75, 3.05) is 20.0 Å². The second kappa shape index (κ2) is 11.4. The topological polar surface area (TPSA) is 64.6 Å². The van der Waals surface area contributed by atoms with Crippen molar-refractivity contribution in [3.05, 3.63) is 95.1 Å². The third-order valence-electron chi connectivity index (χ3n) is 5.07. The van der Waals surface area contributed by atoms with Crippen molar-refractivity contribution in [2.24, 2.45) is 0 Å². The molecule has 0 fully saturated rings. The second-order valence-corrected chi connectivity index (χ2v) is 8.25. The standard InChI is InChI=1S/C26H27NO4S/c1-18(28)21-11-14-24(31-3)22(15-21)16-32-17-25(29)27-26(19-7-5-4-6-8-19)20-9-12-23(30-2)13-10-20/h4-15,26H,16-17H2,1-3H3,(H,27,29). The quantitative estimate of drug-likeness (QED) is 0.439. The van der Waals surface area contributed by atoms with Crippen LogP contribution in [0.25, 0.3) is 0 Å². The maximum Gasteiger partial charge on any atom is 0.230 e. The first-order chi connectivity index (χ1) is 15.5. The van der Waals surface area contributed by atoms with Gasteiger partial charge in [-0.2, -0.15) is 0 Å². The summed E-state index contributed by atoms with van der Waals surface area (Å²) in [6, 6.07) is 22.7. The number of thioether (sulfide) groups is 1. The van der Waals surface area contributed by atoms with Gasteiger partial charge in [-0.1, -0.05) is 42.5 Å². The Bertz CT molecular complexity index is 1050. The number of ketones is 1. The highest BCUT2D eigenvalue weighted by atomic mass is 32.2. The van der Waals surface area contributed by atoms with E-state index in [2.05, 4.69) is 5.32 Å². The van der Waals surface area contributed by atoms with E-state index in [9.17, 15) is 9.59 Å². The van der Waals surface area contributed by atoms with E-state index in [1.54, 1.807) is 26.4 Å². The SMILES string of the molecule is COc1ccc(C(NC(=O)CSCc2cc(C(C)=O)ccc2OC)c2ccccc2)cc1. The predicted molar refractivity (Wildman–Crippen MR) is 129 cm³/mol. The van der Waals surface area contributed by atoms with Gasteiger partial charge in [0.2, 0.25) is 5.91 Å². The zero-order valence-corrected chi connectivity index (χ0v) is 19.3. The number of carbonyl (C=O) groups excluding carboxylic acids is 2. The summed E-state index contributed by atoms with van der Waals surface area (Å²) in [5.74, 6) is 2.26. The third-order valence-corrected chi connectivity index (χ3v) is 6.05. The Hall–Kier alpha value is -3.25. The molecule has 0 saturated heterocycles. The fourth-order valence-electron chi connectivity index (χ4n) is 3.37. The third kappa shape index (κ3) is 6.14. The highest BCUT2D eigenvalue weighted by Gasteiger charge is 2.17. The Morgan fingerprint density at radius 1 is 0.906 bits per heavy atom. The van der Waals surface area contributed by atoms with Crippen molar-refractivity contribution < 1.29 is 19.1 Å². The van der Waals surface area contributed by atoms with Crippen molar-refractivity contribution >= 4 is 23.5 Å². The number of ether oxygens (including phenoxy) is 2. The maximum atomic E-state index is 12.8. The molecule has 1 unspecified atom stereocenters. The Morgan fingerprint density at radius 3 is 2.22 bits per heavy atom. The Balaban J connectivity index is 1.68. The van der Waals surface area contributed by atoms with E-state index in [0.29, 0.717) is 17.1 Å². The van der Waals surface area contributed by atoms with Crippen LogP contribution in [0.4, 0.5) is 0 Å². The van der Waals surface area contributed by atoms with Crippen LogP contribution in [0, 0.1) is 0 Å². The number of carbonyl (C=O) groups is 2. The number of rotatable bonds is 10. The van der Waals surface area contributed by atoms with Crippen molar-refractivity contribution in [1.82, 2.24) is 5.32 Å². The normalized spacial score (nSPS) is 11.5. The fourth-order valence-corrected chi connectivity index (χ4v) is 4.18. The van der Waals surface area contributed by atoms with Crippen LogP contribution in [0.2, 0.25) is 0 Å². The van der Waals surface area contributed by atoms with Crippen LogP contribution in [-0.2, 0) is 10.5 Å². The molecule has 1 amide bonds. The zero-order chi connectivity index (χ0) is 22.9. The first-order valence-corrected chi connectivity index (χ1v) is 11.4. The van der Waals surface area contributed by atoms with E-state index in [0.717, 1.165) is 22.4 Å². The molecule has 0 radical (unpaired) electrons. The Labute approximate surface area is 193 Å². The van der Waals surface area contributed by atoms with Crippen LogP contribution in [0.3, 0.4) is 0 Å². The lowest BCUT2D eigenvalue weighted by Gasteiger charge is -2.20. The molecule has 6 heteroatoms. The van der Waals surface area contributed by atoms with Gasteiger partial charge in [0.05, 0.1) is 26.0 Å². The van der Waals surface area contributed by atoms with Gasteiger partial charge in [0.1, 0.15) is 11.5 Å². The van der Waals surface area contributed by atoms with Crippen LogP contribution in [0.1, 0.15) is 40.0 Å². The van der Waals surface area contributed by atoms with E-state index in [4.69, 9.17) is 9.47 Å². The van der Waals surface area contributed by atoms with Gasteiger partial charge in [-0.05, 0) is 48.4 Å². The van der Waals surface area contributed by atoms with E-state index in [1.807, 2.05) is 60.7 Å². The molecular formula is C26H27NO4S. The first kappa shape index (κ1) is 23.4. The van der Waals surface area contributed by atoms with E-state index >= 15 is 0 Å². The van der Waals surface area contributed by atoms with Crippen molar-refractivity contribution in [3.63, 3.8) is 0 Å². The predicted octanol–water partition coefficient (Wildman–Crippen LogP) is 5.05. The number of hydrogen-bond acceptors (Lipinski definition) is 5. The van der Waals surface area contributed by atoms with Crippen LogP contribution in [-0.4, -0.2) is 31.7 Å². The lowest BCUT2D eigenvalue weighted by molar-refractivity contribution is -0.119. The molecule has 0 saturated carbocycles. The largest absolute Gasteiger partial charge is 0.497 e. The lowest BCUT2D eigenvalue weighted by atomic mass is 9.98. The minimum atomic E-state index is -0.259. The molecule has 0 aromatic heterocycles. The van der Waals surface area contributed by atoms with Gasteiger partial charge >= 0.3 is 0 Å². The molecule has 0 aliphatic rings. The highest BCUT2D eigenvalue weighted by molar-refractivity contribution is 7.99. The van der Waals surface area contributed by atoms with Crippen LogP contribution in [0.5, 0.6) is 11.5 Å². The monoisotopic (exact) mass is 449 g/mol. The minimum Gasteiger partial charge on any atom is -0.497 e. The molecule has 0 aliphatic heterocycles. The molecule has 1 atom stereocenters.